The highest BCUT2D eigenvalue weighted by Gasteiger charge is 2.20. The van der Waals surface area contributed by atoms with Crippen molar-refractivity contribution < 1.29 is 4.39 Å². The molecule has 0 bridgehead atoms. The Kier molecular flexibility index (Phi) is 2.52. The van der Waals surface area contributed by atoms with Crippen LogP contribution in [0.3, 0.4) is 0 Å². The van der Waals surface area contributed by atoms with Crippen LogP contribution < -0.4 is 5.32 Å². The van der Waals surface area contributed by atoms with Crippen molar-refractivity contribution in [2.24, 2.45) is 0 Å². The summed E-state index contributed by atoms with van der Waals surface area (Å²) in [7, 11) is 0. The molecule has 0 atom stereocenters. The van der Waals surface area contributed by atoms with Crippen LogP contribution in [0.2, 0.25) is 0 Å². The summed E-state index contributed by atoms with van der Waals surface area (Å²) in [6, 6.07) is 11.9. The summed E-state index contributed by atoms with van der Waals surface area (Å²) in [5, 5.41) is 3.34. The number of hydrogen-bond acceptors (Lipinski definition) is 2. The van der Waals surface area contributed by atoms with Crippen molar-refractivity contribution in [1.29, 1.82) is 0 Å². The Balaban J connectivity index is 1.71. The summed E-state index contributed by atoms with van der Waals surface area (Å²) in [5.74, 6) is 0.439. The molecular weight excluding hydrogens is 215 g/mol. The Morgan fingerprint density at radius 3 is 2.35 bits per heavy atom. The van der Waals surface area contributed by atoms with E-state index in [0.29, 0.717) is 6.04 Å². The van der Waals surface area contributed by atoms with E-state index < -0.39 is 0 Å². The number of hydrogen-bond donors (Lipinski definition) is 1. The van der Waals surface area contributed by atoms with E-state index in [4.69, 9.17) is 0 Å². The first-order valence-corrected chi connectivity index (χ1v) is 5.76. The van der Waals surface area contributed by atoms with E-state index in [1.807, 2.05) is 0 Å². The standard InChI is InChI=1S/C14H13FN2/c15-12-5-6-14(16-9-12)17-13-7-10-3-1-2-4-11(10)8-13/h1-6,9,13H,7-8H2,(H,16,17). The lowest BCUT2D eigenvalue weighted by Gasteiger charge is -2.12. The predicted molar refractivity (Wildman–Crippen MR) is 65.5 cm³/mol. The number of aromatic nitrogens is 1. The van der Waals surface area contributed by atoms with Crippen molar-refractivity contribution in [3.8, 4) is 0 Å². The zero-order chi connectivity index (χ0) is 11.7. The van der Waals surface area contributed by atoms with Gasteiger partial charge in [0.1, 0.15) is 11.6 Å². The minimum atomic E-state index is -0.301. The molecule has 86 valence electrons. The fraction of sp³-hybridized carbons (Fsp3) is 0.214. The second-order valence-electron chi connectivity index (χ2n) is 4.38. The van der Waals surface area contributed by atoms with Gasteiger partial charge >= 0.3 is 0 Å². The second-order valence-corrected chi connectivity index (χ2v) is 4.38. The number of halogens is 1. The molecule has 1 aromatic carbocycles. The Bertz CT molecular complexity index is 497. The highest BCUT2D eigenvalue weighted by atomic mass is 19.1. The van der Waals surface area contributed by atoms with Gasteiger partial charge in [-0.1, -0.05) is 24.3 Å². The van der Waals surface area contributed by atoms with E-state index in [2.05, 4.69) is 34.6 Å². The van der Waals surface area contributed by atoms with E-state index in [1.54, 1.807) is 6.07 Å². The van der Waals surface area contributed by atoms with Crippen LogP contribution in [0.25, 0.3) is 0 Å². The van der Waals surface area contributed by atoms with Crippen LogP contribution in [0, 0.1) is 5.82 Å². The zero-order valence-corrected chi connectivity index (χ0v) is 9.36. The van der Waals surface area contributed by atoms with Crippen LogP contribution >= 0.6 is 0 Å². The molecule has 3 heteroatoms. The lowest BCUT2D eigenvalue weighted by molar-refractivity contribution is 0.621. The maximum Gasteiger partial charge on any atom is 0.141 e. The molecule has 3 rings (SSSR count). The molecule has 0 radical (unpaired) electrons. The molecule has 2 aromatic rings. The lowest BCUT2D eigenvalue weighted by atomic mass is 10.1. The molecular formula is C14H13FN2. The first-order chi connectivity index (χ1) is 8.31. The van der Waals surface area contributed by atoms with Crippen LogP contribution in [0.5, 0.6) is 0 Å². The Labute approximate surface area is 99.5 Å². The van der Waals surface area contributed by atoms with E-state index in [9.17, 15) is 4.39 Å². The van der Waals surface area contributed by atoms with Crippen molar-refractivity contribution in [3.63, 3.8) is 0 Å². The highest BCUT2D eigenvalue weighted by molar-refractivity contribution is 5.41. The fourth-order valence-corrected chi connectivity index (χ4v) is 2.33. The average molecular weight is 228 g/mol. The Morgan fingerprint density at radius 2 is 1.76 bits per heavy atom. The third-order valence-corrected chi connectivity index (χ3v) is 3.13. The summed E-state index contributed by atoms with van der Waals surface area (Å²) in [6.07, 6.45) is 3.26. The largest absolute Gasteiger partial charge is 0.367 e. The molecule has 0 unspecified atom stereocenters. The van der Waals surface area contributed by atoms with Crippen molar-refractivity contribution in [2.75, 3.05) is 5.32 Å². The number of pyridine rings is 1. The molecule has 0 fully saturated rings. The number of nitrogens with one attached hydrogen (secondary N) is 1. The average Bonchev–Trinajstić information content (AvgIpc) is 2.74. The number of nitrogens with zero attached hydrogens (tertiary/aromatic N) is 1. The minimum Gasteiger partial charge on any atom is -0.367 e. The van der Waals surface area contributed by atoms with Gasteiger partial charge in [-0.3, -0.25) is 0 Å². The van der Waals surface area contributed by atoms with Crippen molar-refractivity contribution in [3.05, 3.63) is 59.5 Å². The van der Waals surface area contributed by atoms with Gasteiger partial charge in [-0.2, -0.15) is 0 Å². The molecule has 17 heavy (non-hydrogen) atoms. The van der Waals surface area contributed by atoms with Crippen molar-refractivity contribution >= 4 is 5.82 Å². The molecule has 0 saturated carbocycles. The lowest BCUT2D eigenvalue weighted by Crippen LogP contribution is -2.20. The maximum absolute atomic E-state index is 12.7. The molecule has 1 aliphatic carbocycles. The van der Waals surface area contributed by atoms with Crippen LogP contribution in [0.1, 0.15) is 11.1 Å². The molecule has 0 aliphatic heterocycles. The van der Waals surface area contributed by atoms with E-state index in [0.717, 1.165) is 18.7 Å². The summed E-state index contributed by atoms with van der Waals surface area (Å²) in [4.78, 5) is 4.02. The molecule has 2 nitrogen and oxygen atoms in total. The monoisotopic (exact) mass is 228 g/mol. The zero-order valence-electron chi connectivity index (χ0n) is 9.36. The summed E-state index contributed by atoms with van der Waals surface area (Å²) >= 11 is 0. The number of rotatable bonds is 2. The predicted octanol–water partition coefficient (Wildman–Crippen LogP) is 2.80. The van der Waals surface area contributed by atoms with Gasteiger partial charge in [0.2, 0.25) is 0 Å². The number of benzene rings is 1. The topological polar surface area (TPSA) is 24.9 Å². The Morgan fingerprint density at radius 1 is 1.06 bits per heavy atom. The first kappa shape index (κ1) is 10.3. The number of fused-ring (bicyclic) bond motifs is 1. The molecule has 0 spiro atoms. The van der Waals surface area contributed by atoms with Gasteiger partial charge in [-0.15, -0.1) is 0 Å². The van der Waals surface area contributed by atoms with Gasteiger partial charge < -0.3 is 5.32 Å². The quantitative estimate of drug-likeness (QED) is 0.855. The molecule has 0 saturated heterocycles. The molecule has 1 aliphatic rings. The summed E-state index contributed by atoms with van der Waals surface area (Å²) in [5.41, 5.74) is 2.79. The van der Waals surface area contributed by atoms with E-state index in [-0.39, 0.29) is 5.82 Å². The van der Waals surface area contributed by atoms with Crippen LogP contribution in [0.4, 0.5) is 10.2 Å². The van der Waals surface area contributed by atoms with Gasteiger partial charge in [0.15, 0.2) is 0 Å². The molecule has 1 N–H and O–H groups in total. The van der Waals surface area contributed by atoms with Gasteiger partial charge in [-0.25, -0.2) is 9.37 Å². The SMILES string of the molecule is Fc1ccc(NC2Cc3ccccc3C2)nc1. The highest BCUT2D eigenvalue weighted by Crippen LogP contribution is 2.23. The van der Waals surface area contributed by atoms with Crippen molar-refractivity contribution in [1.82, 2.24) is 4.98 Å². The first-order valence-electron chi connectivity index (χ1n) is 5.76. The third kappa shape index (κ3) is 2.13. The van der Waals surface area contributed by atoms with E-state index >= 15 is 0 Å². The smallest absolute Gasteiger partial charge is 0.141 e. The maximum atomic E-state index is 12.7. The normalized spacial score (nSPS) is 14.6. The van der Waals surface area contributed by atoms with Crippen LogP contribution in [0.15, 0.2) is 42.6 Å². The molecule has 1 aromatic heterocycles. The van der Waals surface area contributed by atoms with Gasteiger partial charge in [0.05, 0.1) is 6.20 Å². The summed E-state index contributed by atoms with van der Waals surface area (Å²) < 4.78 is 12.7. The summed E-state index contributed by atoms with van der Waals surface area (Å²) in [6.45, 7) is 0. The minimum absolute atomic E-state index is 0.301. The van der Waals surface area contributed by atoms with Gasteiger partial charge in [0, 0.05) is 6.04 Å². The molecule has 0 amide bonds. The third-order valence-electron chi connectivity index (χ3n) is 3.13. The Hall–Kier alpha value is -1.90. The molecule has 1 heterocycles. The van der Waals surface area contributed by atoms with Gasteiger partial charge in [0.25, 0.3) is 0 Å². The van der Waals surface area contributed by atoms with Crippen molar-refractivity contribution in [2.45, 2.75) is 18.9 Å². The van der Waals surface area contributed by atoms with Crippen LogP contribution in [-0.2, 0) is 12.8 Å². The van der Waals surface area contributed by atoms with Gasteiger partial charge in [-0.05, 0) is 36.1 Å². The second kappa shape index (κ2) is 4.17. The number of anilines is 1. The fourth-order valence-electron chi connectivity index (χ4n) is 2.33. The van der Waals surface area contributed by atoms with E-state index in [1.165, 1.54) is 23.4 Å². The van der Waals surface area contributed by atoms with Crippen LogP contribution in [-0.4, -0.2) is 11.0 Å².